The summed E-state index contributed by atoms with van der Waals surface area (Å²) in [5.74, 6) is 0.158. The van der Waals surface area contributed by atoms with Gasteiger partial charge in [0.2, 0.25) is 0 Å². The van der Waals surface area contributed by atoms with Crippen molar-refractivity contribution in [2.45, 2.75) is 11.6 Å². The lowest BCUT2D eigenvalue weighted by Crippen LogP contribution is -2.05. The third-order valence-corrected chi connectivity index (χ3v) is 5.58. The highest BCUT2D eigenvalue weighted by Gasteiger charge is 2.07. The van der Waals surface area contributed by atoms with Crippen LogP contribution in [0.2, 0.25) is 0 Å². The standard InChI is InChI=1S/C11H12N2O3S4/c14-20(15,16)7-3-6-18-11(17)19-10-12-8-4-1-2-5-9(8)13-10/h1-2,4-5H,3,6-7H2,(H,12,13)(H,14,15,16)/p-1. The molecule has 5 nitrogen and oxygen atoms in total. The largest absolute Gasteiger partial charge is 0.748 e. The number of benzene rings is 1. The van der Waals surface area contributed by atoms with Crippen molar-refractivity contribution in [3.05, 3.63) is 24.3 Å². The van der Waals surface area contributed by atoms with Gasteiger partial charge in [-0.25, -0.2) is 13.4 Å². The molecule has 0 radical (unpaired) electrons. The second-order valence-corrected chi connectivity index (χ2v) is 8.69. The van der Waals surface area contributed by atoms with Crippen LogP contribution in [-0.2, 0) is 10.1 Å². The van der Waals surface area contributed by atoms with Crippen LogP contribution in [0.3, 0.4) is 0 Å². The van der Waals surface area contributed by atoms with Gasteiger partial charge in [-0.3, -0.25) is 0 Å². The highest BCUT2D eigenvalue weighted by Crippen LogP contribution is 2.26. The first-order valence-electron chi connectivity index (χ1n) is 5.67. The van der Waals surface area contributed by atoms with Crippen LogP contribution in [0.15, 0.2) is 29.4 Å². The summed E-state index contributed by atoms with van der Waals surface area (Å²) in [4.78, 5) is 7.53. The zero-order valence-electron chi connectivity index (χ0n) is 10.2. The van der Waals surface area contributed by atoms with Crippen molar-refractivity contribution >= 4 is 60.4 Å². The molecule has 1 aromatic heterocycles. The maximum atomic E-state index is 10.4. The van der Waals surface area contributed by atoms with Gasteiger partial charge >= 0.3 is 0 Å². The Labute approximate surface area is 130 Å². The van der Waals surface area contributed by atoms with Crippen molar-refractivity contribution < 1.29 is 13.0 Å². The Morgan fingerprint density at radius 1 is 1.40 bits per heavy atom. The molecule has 0 unspecified atom stereocenters. The predicted octanol–water partition coefficient (Wildman–Crippen LogP) is 2.61. The summed E-state index contributed by atoms with van der Waals surface area (Å²) in [6.45, 7) is 0. The van der Waals surface area contributed by atoms with Gasteiger partial charge in [-0.05, 0) is 30.3 Å². The first-order chi connectivity index (χ1) is 9.44. The van der Waals surface area contributed by atoms with E-state index >= 15 is 0 Å². The first-order valence-corrected chi connectivity index (χ1v) is 9.46. The number of aromatic amines is 1. The summed E-state index contributed by atoms with van der Waals surface area (Å²) >= 11 is 7.87. The van der Waals surface area contributed by atoms with E-state index in [1.165, 1.54) is 23.5 Å². The molecule has 108 valence electrons. The number of thioether (sulfide) groups is 2. The third-order valence-electron chi connectivity index (χ3n) is 2.31. The monoisotopic (exact) mass is 347 g/mol. The number of fused-ring (bicyclic) bond motifs is 1. The number of nitrogens with one attached hydrogen (secondary N) is 1. The summed E-state index contributed by atoms with van der Waals surface area (Å²) in [7, 11) is -4.13. The van der Waals surface area contributed by atoms with E-state index in [0.717, 1.165) is 11.0 Å². The van der Waals surface area contributed by atoms with Crippen LogP contribution in [0.5, 0.6) is 0 Å². The quantitative estimate of drug-likeness (QED) is 0.385. The van der Waals surface area contributed by atoms with Gasteiger partial charge in [-0.15, -0.1) is 11.8 Å². The molecule has 0 spiro atoms. The van der Waals surface area contributed by atoms with E-state index in [4.69, 9.17) is 12.2 Å². The van der Waals surface area contributed by atoms with Gasteiger partial charge in [-0.2, -0.15) is 0 Å². The minimum Gasteiger partial charge on any atom is -0.748 e. The number of aromatic nitrogens is 2. The van der Waals surface area contributed by atoms with Crippen LogP contribution in [0.1, 0.15) is 6.42 Å². The molecule has 0 saturated carbocycles. The number of imidazole rings is 1. The minimum absolute atomic E-state index is 0.303. The molecule has 0 saturated heterocycles. The first kappa shape index (κ1) is 15.8. The van der Waals surface area contributed by atoms with Crippen molar-refractivity contribution in [3.8, 4) is 0 Å². The summed E-state index contributed by atoms with van der Waals surface area (Å²) in [5.41, 5.74) is 1.82. The smallest absolute Gasteiger partial charge is 0.172 e. The Bertz CT molecular complexity index is 678. The summed E-state index contributed by atoms with van der Waals surface area (Å²) < 4.78 is 32.0. The fourth-order valence-electron chi connectivity index (χ4n) is 1.48. The molecule has 0 aliphatic rings. The Morgan fingerprint density at radius 3 is 2.85 bits per heavy atom. The highest BCUT2D eigenvalue weighted by atomic mass is 32.2. The lowest BCUT2D eigenvalue weighted by Gasteiger charge is -2.05. The van der Waals surface area contributed by atoms with Crippen molar-refractivity contribution in [1.82, 2.24) is 9.97 Å². The minimum atomic E-state index is -4.13. The Balaban J connectivity index is 1.82. The van der Waals surface area contributed by atoms with Gasteiger partial charge in [0, 0.05) is 11.5 Å². The van der Waals surface area contributed by atoms with Crippen LogP contribution in [0, 0.1) is 0 Å². The molecule has 2 aromatic rings. The van der Waals surface area contributed by atoms with Crippen molar-refractivity contribution in [2.24, 2.45) is 0 Å². The molecule has 0 bridgehead atoms. The summed E-state index contributed by atoms with van der Waals surface area (Å²) in [6, 6.07) is 7.67. The fourth-order valence-corrected chi connectivity index (χ4v) is 4.29. The van der Waals surface area contributed by atoms with E-state index in [0.29, 0.717) is 20.9 Å². The van der Waals surface area contributed by atoms with E-state index in [1.54, 1.807) is 0 Å². The average molecular weight is 347 g/mol. The topological polar surface area (TPSA) is 85.9 Å². The van der Waals surface area contributed by atoms with Crippen molar-refractivity contribution in [3.63, 3.8) is 0 Å². The molecule has 0 aliphatic heterocycles. The lowest BCUT2D eigenvalue weighted by atomic mass is 10.3. The van der Waals surface area contributed by atoms with E-state index < -0.39 is 10.1 Å². The molecule has 1 aromatic carbocycles. The molecule has 0 fully saturated rings. The van der Waals surface area contributed by atoms with Gasteiger partial charge in [0.05, 0.1) is 21.2 Å². The molecule has 0 atom stereocenters. The van der Waals surface area contributed by atoms with Crippen molar-refractivity contribution in [1.29, 1.82) is 0 Å². The number of hydrogen-bond donors (Lipinski definition) is 1. The average Bonchev–Trinajstić information content (AvgIpc) is 2.75. The Hall–Kier alpha value is -0.610. The number of H-pyrrole nitrogens is 1. The van der Waals surface area contributed by atoms with E-state index in [9.17, 15) is 13.0 Å². The molecule has 1 heterocycles. The van der Waals surface area contributed by atoms with E-state index in [1.807, 2.05) is 24.3 Å². The van der Waals surface area contributed by atoms with Crippen molar-refractivity contribution in [2.75, 3.05) is 11.5 Å². The second kappa shape index (κ2) is 6.90. The van der Waals surface area contributed by atoms with E-state index in [2.05, 4.69) is 9.97 Å². The second-order valence-electron chi connectivity index (χ2n) is 3.87. The number of nitrogens with zero attached hydrogens (tertiary/aromatic N) is 1. The number of hydrogen-bond acceptors (Lipinski definition) is 7. The van der Waals surface area contributed by atoms with Gasteiger partial charge in [0.15, 0.2) is 5.16 Å². The van der Waals surface area contributed by atoms with E-state index in [-0.39, 0.29) is 5.75 Å². The van der Waals surface area contributed by atoms with Crippen LogP contribution >= 0.6 is 35.7 Å². The Morgan fingerprint density at radius 2 is 2.15 bits per heavy atom. The van der Waals surface area contributed by atoms with Gasteiger partial charge < -0.3 is 9.54 Å². The molecular weight excluding hydrogens is 336 g/mol. The molecule has 20 heavy (non-hydrogen) atoms. The maximum Gasteiger partial charge on any atom is 0.172 e. The SMILES string of the molecule is O=S(=O)([O-])CCCSC(=S)Sc1nc2ccccc2[nH]1. The summed E-state index contributed by atoms with van der Waals surface area (Å²) in [5, 5.41) is 0.708. The van der Waals surface area contributed by atoms with Crippen LogP contribution < -0.4 is 0 Å². The zero-order chi connectivity index (χ0) is 14.6. The lowest BCUT2D eigenvalue weighted by molar-refractivity contribution is 0.462. The fraction of sp³-hybridized carbons (Fsp3) is 0.273. The Kier molecular flexibility index (Phi) is 5.44. The molecule has 9 heteroatoms. The van der Waals surface area contributed by atoms with Gasteiger partial charge in [0.1, 0.15) is 3.53 Å². The predicted molar refractivity (Wildman–Crippen MR) is 86.2 cm³/mol. The number of para-hydroxylation sites is 2. The molecule has 2 rings (SSSR count). The normalized spacial score (nSPS) is 11.8. The molecule has 0 aliphatic carbocycles. The van der Waals surface area contributed by atoms with Crippen LogP contribution in [0.4, 0.5) is 0 Å². The summed E-state index contributed by atoms with van der Waals surface area (Å²) in [6.07, 6.45) is 0.303. The van der Waals surface area contributed by atoms with Gasteiger partial charge in [0.25, 0.3) is 0 Å². The van der Waals surface area contributed by atoms with Crippen LogP contribution in [-0.4, -0.2) is 38.0 Å². The molecule has 0 amide bonds. The third kappa shape index (κ3) is 5.06. The highest BCUT2D eigenvalue weighted by molar-refractivity contribution is 8.47. The van der Waals surface area contributed by atoms with Crippen LogP contribution in [0.25, 0.3) is 11.0 Å². The molecule has 1 N–H and O–H groups in total. The zero-order valence-corrected chi connectivity index (χ0v) is 13.5. The van der Waals surface area contributed by atoms with Gasteiger partial charge in [-0.1, -0.05) is 24.4 Å². The molecular formula is C11H11N2O3S4-. The maximum absolute atomic E-state index is 10.4. The number of rotatable bonds is 5. The number of thiocarbonyl (C=S) groups is 1.